The van der Waals surface area contributed by atoms with Crippen molar-refractivity contribution in [3.63, 3.8) is 0 Å². The van der Waals surface area contributed by atoms with Gasteiger partial charge in [0, 0.05) is 22.1 Å². The second-order valence-electron chi connectivity index (χ2n) is 12.8. The van der Waals surface area contributed by atoms with Gasteiger partial charge in [0.2, 0.25) is 0 Å². The van der Waals surface area contributed by atoms with Gasteiger partial charge in [-0.15, -0.1) is 0 Å². The van der Waals surface area contributed by atoms with Gasteiger partial charge >= 0.3 is 0 Å². The van der Waals surface area contributed by atoms with Crippen molar-refractivity contribution in [3.05, 3.63) is 155 Å². The van der Waals surface area contributed by atoms with Crippen LogP contribution in [-0.4, -0.2) is 0 Å². The molecule has 0 saturated heterocycles. The molecule has 1 heterocycles. The average Bonchev–Trinajstić information content (AvgIpc) is 3.46. The van der Waals surface area contributed by atoms with E-state index in [1.165, 1.54) is 72.0 Å². The number of furan rings is 1. The molecule has 206 valence electrons. The van der Waals surface area contributed by atoms with Gasteiger partial charge in [-0.25, -0.2) is 0 Å². The lowest BCUT2D eigenvalue weighted by atomic mass is 9.76. The molecule has 1 unspecified atom stereocenters. The van der Waals surface area contributed by atoms with Crippen LogP contribution in [-0.2, 0) is 11.8 Å². The highest BCUT2D eigenvalue weighted by molar-refractivity contribution is 6.06. The molecule has 7 aromatic rings. The molecule has 0 radical (unpaired) electrons. The summed E-state index contributed by atoms with van der Waals surface area (Å²) >= 11 is 0. The summed E-state index contributed by atoms with van der Waals surface area (Å²) in [5, 5.41) is 2.34. The molecule has 6 aromatic carbocycles. The van der Waals surface area contributed by atoms with Gasteiger partial charge in [0.1, 0.15) is 11.2 Å². The second kappa shape index (κ2) is 9.06. The maximum absolute atomic E-state index is 6.07. The van der Waals surface area contributed by atoms with Crippen molar-refractivity contribution in [1.82, 2.24) is 0 Å². The van der Waals surface area contributed by atoms with E-state index in [-0.39, 0.29) is 5.41 Å². The monoisotopic (exact) mass is 552 g/mol. The summed E-state index contributed by atoms with van der Waals surface area (Å²) in [5.41, 5.74) is 17.2. The van der Waals surface area contributed by atoms with Gasteiger partial charge < -0.3 is 4.42 Å². The second-order valence-corrected chi connectivity index (χ2v) is 12.8. The zero-order chi connectivity index (χ0) is 28.7. The SMILES string of the molecule is CC1(C)c2ccccc2-c2ccc3c(c21)-c1ccccc1C(c1ccc(-c2ccc4oc5ccccc5c4c2)cc1)CC3. The van der Waals surface area contributed by atoms with Crippen LogP contribution < -0.4 is 0 Å². The van der Waals surface area contributed by atoms with Crippen molar-refractivity contribution in [2.75, 3.05) is 0 Å². The third kappa shape index (κ3) is 3.58. The summed E-state index contributed by atoms with van der Waals surface area (Å²) < 4.78 is 6.07. The number of hydrogen-bond acceptors (Lipinski definition) is 1. The first-order chi connectivity index (χ1) is 21.1. The van der Waals surface area contributed by atoms with Crippen molar-refractivity contribution in [2.24, 2.45) is 0 Å². The van der Waals surface area contributed by atoms with E-state index in [0.717, 1.165) is 24.0 Å². The van der Waals surface area contributed by atoms with Crippen LogP contribution in [0.5, 0.6) is 0 Å². The van der Waals surface area contributed by atoms with Crippen LogP contribution in [0.2, 0.25) is 0 Å². The van der Waals surface area contributed by atoms with Crippen molar-refractivity contribution in [3.8, 4) is 33.4 Å². The molecule has 0 saturated carbocycles. The maximum Gasteiger partial charge on any atom is 0.135 e. The van der Waals surface area contributed by atoms with Gasteiger partial charge in [-0.2, -0.15) is 0 Å². The normalized spacial score (nSPS) is 16.4. The van der Waals surface area contributed by atoms with E-state index in [0.29, 0.717) is 5.92 Å². The summed E-state index contributed by atoms with van der Waals surface area (Å²) in [5.74, 6) is 0.348. The van der Waals surface area contributed by atoms with Crippen molar-refractivity contribution in [1.29, 1.82) is 0 Å². The summed E-state index contributed by atoms with van der Waals surface area (Å²) in [6, 6.07) is 47.1. The lowest BCUT2D eigenvalue weighted by Gasteiger charge is -2.26. The van der Waals surface area contributed by atoms with Gasteiger partial charge in [0.15, 0.2) is 0 Å². The van der Waals surface area contributed by atoms with E-state index in [4.69, 9.17) is 4.42 Å². The lowest BCUT2D eigenvalue weighted by molar-refractivity contribution is 0.661. The Morgan fingerprint density at radius 3 is 2.21 bits per heavy atom. The molecular formula is C42H32O. The van der Waals surface area contributed by atoms with E-state index in [9.17, 15) is 0 Å². The van der Waals surface area contributed by atoms with Crippen LogP contribution in [0.4, 0.5) is 0 Å². The molecule has 1 nitrogen and oxygen atoms in total. The fraction of sp³-hybridized carbons (Fsp3) is 0.143. The molecule has 0 spiro atoms. The third-order valence-electron chi connectivity index (χ3n) is 10.1. The first-order valence-corrected chi connectivity index (χ1v) is 15.4. The van der Waals surface area contributed by atoms with Crippen LogP contribution >= 0.6 is 0 Å². The number of aryl methyl sites for hydroxylation is 1. The smallest absolute Gasteiger partial charge is 0.135 e. The number of hydrogen-bond donors (Lipinski definition) is 0. The quantitative estimate of drug-likeness (QED) is 0.208. The minimum absolute atomic E-state index is 0.0344. The molecule has 9 rings (SSSR count). The molecular weight excluding hydrogens is 520 g/mol. The van der Waals surface area contributed by atoms with Crippen molar-refractivity contribution < 1.29 is 4.42 Å². The Hall–Kier alpha value is -4.88. The van der Waals surface area contributed by atoms with E-state index < -0.39 is 0 Å². The predicted octanol–water partition coefficient (Wildman–Crippen LogP) is 11.3. The van der Waals surface area contributed by atoms with E-state index in [1.54, 1.807) is 0 Å². The van der Waals surface area contributed by atoms with Crippen LogP contribution in [0.3, 0.4) is 0 Å². The molecule has 1 heteroatoms. The highest BCUT2D eigenvalue weighted by atomic mass is 16.3. The Labute approximate surface area is 252 Å². The van der Waals surface area contributed by atoms with Gasteiger partial charge in [-0.05, 0) is 92.2 Å². The fourth-order valence-electron chi connectivity index (χ4n) is 8.08. The maximum atomic E-state index is 6.07. The number of benzene rings is 6. The van der Waals surface area contributed by atoms with Crippen molar-refractivity contribution in [2.45, 2.75) is 38.0 Å². The zero-order valence-corrected chi connectivity index (χ0v) is 24.5. The van der Waals surface area contributed by atoms with Gasteiger partial charge in [0.25, 0.3) is 0 Å². The first kappa shape index (κ1) is 24.7. The number of para-hydroxylation sites is 1. The molecule has 1 aromatic heterocycles. The Morgan fingerprint density at radius 1 is 0.605 bits per heavy atom. The van der Waals surface area contributed by atoms with Crippen LogP contribution in [0.15, 0.2) is 132 Å². The molecule has 0 fully saturated rings. The van der Waals surface area contributed by atoms with E-state index >= 15 is 0 Å². The largest absolute Gasteiger partial charge is 0.456 e. The standard InChI is InChI=1S/C42H32O/c1-42(2)37-13-7-5-10-32(37)35-23-20-28-19-22-30(31-9-3-4-12-34(31)40(28)41(35)42)27-17-15-26(16-18-27)29-21-24-39-36(25-29)33-11-6-8-14-38(33)43-39/h3-18,20-21,23-25,30H,19,22H2,1-2H3. The average molecular weight is 553 g/mol. The molecule has 43 heavy (non-hydrogen) atoms. The van der Waals surface area contributed by atoms with Crippen LogP contribution in [0, 0.1) is 0 Å². The summed E-state index contributed by atoms with van der Waals surface area (Å²) in [4.78, 5) is 0. The Balaban J connectivity index is 1.13. The Morgan fingerprint density at radius 2 is 1.33 bits per heavy atom. The molecule has 2 aliphatic carbocycles. The van der Waals surface area contributed by atoms with Gasteiger partial charge in [-0.1, -0.05) is 123 Å². The molecule has 0 N–H and O–H groups in total. The summed E-state index contributed by atoms with van der Waals surface area (Å²) in [6.45, 7) is 4.82. The Bertz CT molecular complexity index is 2210. The molecule has 0 bridgehead atoms. The van der Waals surface area contributed by atoms with E-state index in [1.807, 2.05) is 12.1 Å². The van der Waals surface area contributed by atoms with Gasteiger partial charge in [-0.3, -0.25) is 0 Å². The first-order valence-electron chi connectivity index (χ1n) is 15.4. The number of fused-ring (bicyclic) bond motifs is 10. The molecule has 0 aliphatic heterocycles. The predicted molar refractivity (Wildman–Crippen MR) is 179 cm³/mol. The fourth-order valence-corrected chi connectivity index (χ4v) is 8.08. The highest BCUT2D eigenvalue weighted by Crippen LogP contribution is 2.55. The van der Waals surface area contributed by atoms with Gasteiger partial charge in [0.05, 0.1) is 0 Å². The summed E-state index contributed by atoms with van der Waals surface area (Å²) in [7, 11) is 0. The highest BCUT2D eigenvalue weighted by Gasteiger charge is 2.39. The molecule has 1 atom stereocenters. The lowest BCUT2D eigenvalue weighted by Crippen LogP contribution is -2.17. The number of rotatable bonds is 2. The van der Waals surface area contributed by atoms with Crippen molar-refractivity contribution >= 4 is 21.9 Å². The van der Waals surface area contributed by atoms with E-state index in [2.05, 4.69) is 129 Å². The molecule has 2 aliphatic rings. The minimum atomic E-state index is -0.0344. The van der Waals surface area contributed by atoms with Crippen LogP contribution in [0.1, 0.15) is 54.0 Å². The minimum Gasteiger partial charge on any atom is -0.456 e. The molecule has 0 amide bonds. The topological polar surface area (TPSA) is 13.1 Å². The third-order valence-corrected chi connectivity index (χ3v) is 10.1. The Kier molecular flexibility index (Phi) is 5.20. The zero-order valence-electron chi connectivity index (χ0n) is 24.5. The summed E-state index contributed by atoms with van der Waals surface area (Å²) in [6.07, 6.45) is 2.17. The van der Waals surface area contributed by atoms with Crippen LogP contribution in [0.25, 0.3) is 55.3 Å².